The van der Waals surface area contributed by atoms with Crippen LogP contribution in [0, 0.1) is 12.7 Å². The predicted molar refractivity (Wildman–Crippen MR) is 105 cm³/mol. The summed E-state index contributed by atoms with van der Waals surface area (Å²) in [6.45, 7) is 4.45. The first-order valence-corrected chi connectivity index (χ1v) is 9.43. The summed E-state index contributed by atoms with van der Waals surface area (Å²) < 4.78 is 20.0. The second-order valence-corrected chi connectivity index (χ2v) is 7.21. The molecule has 8 nitrogen and oxygen atoms in total. The van der Waals surface area contributed by atoms with Crippen LogP contribution in [0.2, 0.25) is 0 Å². The highest BCUT2D eigenvalue weighted by atomic mass is 19.1. The molecule has 9 heteroatoms. The predicted octanol–water partition coefficient (Wildman–Crippen LogP) is 2.81. The molecule has 0 saturated carbocycles. The van der Waals surface area contributed by atoms with Crippen LogP contribution in [0.4, 0.5) is 25.4 Å². The lowest BCUT2D eigenvalue weighted by Gasteiger charge is -2.35. The van der Waals surface area contributed by atoms with E-state index in [9.17, 15) is 14.0 Å². The van der Waals surface area contributed by atoms with Gasteiger partial charge in [0.1, 0.15) is 6.61 Å². The number of ether oxygens (including phenoxy) is 1. The number of benzene rings is 1. The van der Waals surface area contributed by atoms with Crippen LogP contribution in [-0.4, -0.2) is 59.2 Å². The van der Waals surface area contributed by atoms with Gasteiger partial charge in [0.05, 0.1) is 23.6 Å². The number of nitrogens with one attached hydrogen (secondary N) is 2. The number of hydrogen-bond donors (Lipinski definition) is 2. The Kier molecular flexibility index (Phi) is 5.30. The highest BCUT2D eigenvalue weighted by molar-refractivity contribution is 5.99. The number of carbonyl (C=O) groups excluding carboxylic acids is 2. The number of nitrogens with zero attached hydrogens (tertiary/aromatic N) is 3. The van der Waals surface area contributed by atoms with Crippen LogP contribution in [0.5, 0.6) is 0 Å². The van der Waals surface area contributed by atoms with Crippen molar-refractivity contribution in [2.45, 2.75) is 19.5 Å². The number of halogens is 1. The summed E-state index contributed by atoms with van der Waals surface area (Å²) in [4.78, 5) is 31.7. The molecular weight excluding hydrogens is 377 g/mol. The number of aryl methyl sites for hydroxylation is 1. The summed E-state index contributed by atoms with van der Waals surface area (Å²) in [6.07, 6.45) is 1.26. The van der Waals surface area contributed by atoms with Gasteiger partial charge in [0.25, 0.3) is 0 Å². The Labute approximate surface area is 167 Å². The van der Waals surface area contributed by atoms with Crippen molar-refractivity contribution in [3.8, 4) is 0 Å². The van der Waals surface area contributed by atoms with Gasteiger partial charge >= 0.3 is 12.1 Å². The fraction of sp³-hybridized carbons (Fsp3) is 0.350. The second kappa shape index (κ2) is 8.04. The van der Waals surface area contributed by atoms with Crippen LogP contribution in [0.3, 0.4) is 0 Å². The summed E-state index contributed by atoms with van der Waals surface area (Å²) >= 11 is 0. The van der Waals surface area contributed by atoms with Crippen molar-refractivity contribution in [2.24, 2.45) is 0 Å². The number of urea groups is 1. The number of hydrogen-bond acceptors (Lipinski definition) is 5. The summed E-state index contributed by atoms with van der Waals surface area (Å²) in [5.74, 6) is -0.467. The number of fused-ring (bicyclic) bond motifs is 1. The fourth-order valence-corrected chi connectivity index (χ4v) is 3.56. The number of cyclic esters (lactones) is 1. The number of pyridine rings is 1. The molecule has 0 spiro atoms. The van der Waals surface area contributed by atoms with Crippen molar-refractivity contribution in [2.75, 3.05) is 36.9 Å². The Morgan fingerprint density at radius 2 is 2.14 bits per heavy atom. The zero-order valence-corrected chi connectivity index (χ0v) is 16.0. The molecule has 4 rings (SSSR count). The maximum absolute atomic E-state index is 14.9. The number of amides is 3. The molecule has 0 unspecified atom stereocenters. The molecule has 1 aromatic heterocycles. The van der Waals surface area contributed by atoms with E-state index in [-0.39, 0.29) is 17.8 Å². The van der Waals surface area contributed by atoms with Crippen molar-refractivity contribution in [3.63, 3.8) is 0 Å². The van der Waals surface area contributed by atoms with E-state index in [0.717, 1.165) is 5.69 Å². The van der Waals surface area contributed by atoms with E-state index < -0.39 is 11.8 Å². The van der Waals surface area contributed by atoms with Crippen LogP contribution in [-0.2, 0) is 11.3 Å². The third-order valence-corrected chi connectivity index (χ3v) is 5.09. The highest BCUT2D eigenvalue weighted by Gasteiger charge is 2.37. The molecule has 29 heavy (non-hydrogen) atoms. The lowest BCUT2D eigenvalue weighted by Crippen LogP contribution is -2.51. The maximum atomic E-state index is 14.9. The average Bonchev–Trinajstić information content (AvgIpc) is 3.07. The molecule has 0 radical (unpaired) electrons. The zero-order chi connectivity index (χ0) is 20.4. The molecular formula is C20H22FN5O3. The van der Waals surface area contributed by atoms with Crippen LogP contribution in [0.1, 0.15) is 11.3 Å². The first-order chi connectivity index (χ1) is 14.0. The molecule has 2 saturated heterocycles. The SMILES string of the molecule is Cc1ccc(NC(=O)Nc2cccc(CN3CCN4C(=O)OC[C@@H]4C3)c2F)cn1. The van der Waals surface area contributed by atoms with E-state index in [2.05, 4.69) is 20.5 Å². The minimum atomic E-state index is -0.540. The number of anilines is 2. The molecule has 2 fully saturated rings. The minimum absolute atomic E-state index is 0.00881. The number of carbonyl (C=O) groups is 2. The lowest BCUT2D eigenvalue weighted by atomic mass is 10.1. The Balaban J connectivity index is 1.39. The Morgan fingerprint density at radius 1 is 1.28 bits per heavy atom. The monoisotopic (exact) mass is 399 g/mol. The van der Waals surface area contributed by atoms with Gasteiger partial charge < -0.3 is 15.4 Å². The van der Waals surface area contributed by atoms with Crippen molar-refractivity contribution in [3.05, 3.63) is 53.6 Å². The molecule has 0 bridgehead atoms. The smallest absolute Gasteiger partial charge is 0.410 e. The molecule has 3 heterocycles. The largest absolute Gasteiger partial charge is 0.447 e. The first-order valence-electron chi connectivity index (χ1n) is 9.43. The Hall–Kier alpha value is -3.20. The molecule has 2 aliphatic rings. The van der Waals surface area contributed by atoms with Gasteiger partial charge in [0.2, 0.25) is 0 Å². The van der Waals surface area contributed by atoms with Crippen LogP contribution in [0.25, 0.3) is 0 Å². The van der Waals surface area contributed by atoms with Crippen LogP contribution in [0.15, 0.2) is 36.5 Å². The summed E-state index contributed by atoms with van der Waals surface area (Å²) in [5, 5.41) is 5.18. The van der Waals surface area contributed by atoms with Crippen molar-refractivity contribution >= 4 is 23.5 Å². The van der Waals surface area contributed by atoms with E-state index in [1.165, 1.54) is 6.07 Å². The van der Waals surface area contributed by atoms with Crippen molar-refractivity contribution < 1.29 is 18.7 Å². The van der Waals surface area contributed by atoms with Crippen LogP contribution < -0.4 is 10.6 Å². The van der Waals surface area contributed by atoms with Gasteiger partial charge in [-0.1, -0.05) is 12.1 Å². The van der Waals surface area contributed by atoms with Gasteiger partial charge in [0, 0.05) is 37.4 Å². The summed E-state index contributed by atoms with van der Waals surface area (Å²) in [5.41, 5.74) is 1.96. The lowest BCUT2D eigenvalue weighted by molar-refractivity contribution is 0.114. The number of piperazine rings is 1. The highest BCUT2D eigenvalue weighted by Crippen LogP contribution is 2.23. The third-order valence-electron chi connectivity index (χ3n) is 5.09. The second-order valence-electron chi connectivity index (χ2n) is 7.21. The van der Waals surface area contributed by atoms with Gasteiger partial charge in [-0.3, -0.25) is 14.8 Å². The molecule has 3 amide bonds. The summed E-state index contributed by atoms with van der Waals surface area (Å²) in [7, 11) is 0. The maximum Gasteiger partial charge on any atom is 0.410 e. The van der Waals surface area contributed by atoms with Crippen LogP contribution >= 0.6 is 0 Å². The molecule has 0 aliphatic carbocycles. The quantitative estimate of drug-likeness (QED) is 0.826. The number of aromatic nitrogens is 1. The van der Waals surface area contributed by atoms with E-state index in [4.69, 9.17) is 4.74 Å². The third kappa shape index (κ3) is 4.29. The van der Waals surface area contributed by atoms with Gasteiger partial charge in [-0.15, -0.1) is 0 Å². The van der Waals surface area contributed by atoms with Gasteiger partial charge in [-0.25, -0.2) is 14.0 Å². The summed E-state index contributed by atoms with van der Waals surface area (Å²) in [6, 6.07) is 7.90. The van der Waals surface area contributed by atoms with Gasteiger partial charge in [-0.05, 0) is 25.1 Å². The zero-order valence-electron chi connectivity index (χ0n) is 16.0. The van der Waals surface area contributed by atoms with E-state index in [1.807, 2.05) is 6.92 Å². The topological polar surface area (TPSA) is 86.8 Å². The molecule has 152 valence electrons. The van der Waals surface area contributed by atoms with Gasteiger partial charge in [-0.2, -0.15) is 0 Å². The van der Waals surface area contributed by atoms with E-state index in [1.54, 1.807) is 35.4 Å². The minimum Gasteiger partial charge on any atom is -0.447 e. The van der Waals surface area contributed by atoms with Gasteiger partial charge in [0.15, 0.2) is 5.82 Å². The molecule has 1 atom stereocenters. The number of rotatable bonds is 4. The van der Waals surface area contributed by atoms with E-state index in [0.29, 0.717) is 44.0 Å². The van der Waals surface area contributed by atoms with E-state index >= 15 is 0 Å². The van der Waals surface area contributed by atoms with Crippen molar-refractivity contribution in [1.82, 2.24) is 14.8 Å². The van der Waals surface area contributed by atoms with Crippen molar-refractivity contribution in [1.29, 1.82) is 0 Å². The standard InChI is InChI=1S/C20H22FN5O3/c1-13-5-6-15(9-22-13)23-19(27)24-17-4-2-3-14(18(17)21)10-25-7-8-26-16(11-25)12-29-20(26)28/h2-6,9,16H,7-8,10-12H2,1H3,(H2,23,24,27)/t16-/m0/s1. The molecule has 2 aliphatic heterocycles. The first kappa shape index (κ1) is 19.1. The molecule has 2 aromatic rings. The molecule has 1 aromatic carbocycles. The molecule has 2 N–H and O–H groups in total. The Morgan fingerprint density at radius 3 is 2.93 bits per heavy atom. The fourth-order valence-electron chi connectivity index (χ4n) is 3.56. The normalized spacial score (nSPS) is 18.9. The average molecular weight is 399 g/mol. The Bertz CT molecular complexity index is 921.